The van der Waals surface area contributed by atoms with Crippen molar-refractivity contribution in [1.82, 2.24) is 4.98 Å². The van der Waals surface area contributed by atoms with Gasteiger partial charge in [0.15, 0.2) is 0 Å². The maximum atomic E-state index is 12.4. The predicted molar refractivity (Wildman–Crippen MR) is 90.6 cm³/mol. The number of anilines is 1. The molecule has 0 unspecified atom stereocenters. The van der Waals surface area contributed by atoms with Crippen molar-refractivity contribution < 1.29 is 14.3 Å². The Morgan fingerprint density at radius 2 is 2.12 bits per heavy atom. The minimum absolute atomic E-state index is 0.185. The Hall–Kier alpha value is -2.44. The molecule has 1 aliphatic rings. The van der Waals surface area contributed by atoms with Crippen LogP contribution in [0.5, 0.6) is 5.75 Å². The zero-order valence-corrected chi connectivity index (χ0v) is 13.4. The van der Waals surface area contributed by atoms with Gasteiger partial charge in [-0.25, -0.2) is 0 Å². The van der Waals surface area contributed by atoms with E-state index in [0.29, 0.717) is 44.1 Å². The molecule has 2 heterocycles. The molecule has 0 spiro atoms. The van der Waals surface area contributed by atoms with Crippen molar-refractivity contribution in [1.29, 1.82) is 0 Å². The Balaban J connectivity index is 1.61. The number of carbonyl (C=O) groups is 1. The molecule has 24 heavy (non-hydrogen) atoms. The smallest absolute Gasteiger partial charge is 0.244 e. The fraction of sp³-hybridized carbons (Fsp3) is 0.333. The Morgan fingerprint density at radius 1 is 1.29 bits per heavy atom. The number of nitrogens with one attached hydrogen (secondary N) is 1. The van der Waals surface area contributed by atoms with Gasteiger partial charge in [-0.15, -0.1) is 0 Å². The zero-order chi connectivity index (χ0) is 16.8. The SMILES string of the molecule is NC1(C(=O)Nc2cccc(OCc3cccnc3)c2)CCOCC1. The molecule has 1 aromatic carbocycles. The molecular weight excluding hydrogens is 306 g/mol. The molecule has 0 saturated carbocycles. The normalized spacial score (nSPS) is 16.4. The van der Waals surface area contributed by atoms with Gasteiger partial charge < -0.3 is 20.5 Å². The van der Waals surface area contributed by atoms with Gasteiger partial charge in [0.05, 0.1) is 0 Å². The van der Waals surface area contributed by atoms with Gasteiger partial charge in [0.25, 0.3) is 0 Å². The van der Waals surface area contributed by atoms with Crippen LogP contribution in [0.2, 0.25) is 0 Å². The Morgan fingerprint density at radius 3 is 2.88 bits per heavy atom. The largest absolute Gasteiger partial charge is 0.489 e. The van der Waals surface area contributed by atoms with Crippen molar-refractivity contribution in [3.63, 3.8) is 0 Å². The van der Waals surface area contributed by atoms with Crippen LogP contribution in [0.4, 0.5) is 5.69 Å². The van der Waals surface area contributed by atoms with Gasteiger partial charge >= 0.3 is 0 Å². The fourth-order valence-electron chi connectivity index (χ4n) is 2.53. The van der Waals surface area contributed by atoms with Crippen molar-refractivity contribution >= 4 is 11.6 Å². The van der Waals surface area contributed by atoms with E-state index in [4.69, 9.17) is 15.2 Å². The van der Waals surface area contributed by atoms with Gasteiger partial charge in [-0.1, -0.05) is 12.1 Å². The lowest BCUT2D eigenvalue weighted by Gasteiger charge is -2.31. The highest BCUT2D eigenvalue weighted by molar-refractivity contribution is 5.98. The third-order valence-electron chi connectivity index (χ3n) is 4.06. The van der Waals surface area contributed by atoms with Crippen LogP contribution in [0.1, 0.15) is 18.4 Å². The lowest BCUT2D eigenvalue weighted by Crippen LogP contribution is -2.54. The van der Waals surface area contributed by atoms with Crippen LogP contribution in [0, 0.1) is 0 Å². The van der Waals surface area contributed by atoms with E-state index in [1.54, 1.807) is 18.5 Å². The molecule has 0 radical (unpaired) electrons. The Labute approximate surface area is 141 Å². The summed E-state index contributed by atoms with van der Waals surface area (Å²) in [6.07, 6.45) is 4.53. The summed E-state index contributed by atoms with van der Waals surface area (Å²) in [4.78, 5) is 16.5. The lowest BCUT2D eigenvalue weighted by molar-refractivity contribution is -0.124. The number of hydrogen-bond donors (Lipinski definition) is 2. The van der Waals surface area contributed by atoms with Crippen molar-refractivity contribution in [2.24, 2.45) is 5.73 Å². The highest BCUT2D eigenvalue weighted by atomic mass is 16.5. The van der Waals surface area contributed by atoms with Crippen molar-refractivity contribution in [3.8, 4) is 5.75 Å². The first-order valence-electron chi connectivity index (χ1n) is 7.96. The number of hydrogen-bond acceptors (Lipinski definition) is 5. The number of aromatic nitrogens is 1. The van der Waals surface area contributed by atoms with E-state index < -0.39 is 5.54 Å². The zero-order valence-electron chi connectivity index (χ0n) is 13.4. The average molecular weight is 327 g/mol. The molecule has 126 valence electrons. The second-order valence-corrected chi connectivity index (χ2v) is 5.90. The molecule has 1 aliphatic heterocycles. The van der Waals surface area contributed by atoms with Gasteiger partial charge in [-0.3, -0.25) is 9.78 Å². The van der Waals surface area contributed by atoms with Crippen LogP contribution >= 0.6 is 0 Å². The third kappa shape index (κ3) is 4.10. The molecule has 2 aromatic rings. The van der Waals surface area contributed by atoms with Crippen LogP contribution in [-0.2, 0) is 16.1 Å². The van der Waals surface area contributed by atoms with Crippen molar-refractivity contribution in [3.05, 3.63) is 54.4 Å². The van der Waals surface area contributed by atoms with E-state index in [-0.39, 0.29) is 5.91 Å². The van der Waals surface area contributed by atoms with Crippen LogP contribution in [0.15, 0.2) is 48.8 Å². The molecule has 1 fully saturated rings. The summed E-state index contributed by atoms with van der Waals surface area (Å²) in [5.41, 5.74) is 6.97. The number of pyridine rings is 1. The van der Waals surface area contributed by atoms with E-state index >= 15 is 0 Å². The summed E-state index contributed by atoms with van der Waals surface area (Å²) in [7, 11) is 0. The van der Waals surface area contributed by atoms with Crippen LogP contribution < -0.4 is 15.8 Å². The average Bonchev–Trinajstić information content (AvgIpc) is 2.62. The highest BCUT2D eigenvalue weighted by Crippen LogP contribution is 2.23. The molecule has 0 atom stereocenters. The predicted octanol–water partition coefficient (Wildman–Crippen LogP) is 2.11. The van der Waals surface area contributed by atoms with Gasteiger partial charge in [-0.2, -0.15) is 0 Å². The molecule has 1 amide bonds. The molecule has 0 aliphatic carbocycles. The van der Waals surface area contributed by atoms with E-state index in [9.17, 15) is 4.79 Å². The van der Waals surface area contributed by atoms with E-state index in [1.807, 2.05) is 30.3 Å². The molecular formula is C18H21N3O3. The van der Waals surface area contributed by atoms with E-state index in [0.717, 1.165) is 5.56 Å². The standard InChI is InChI=1S/C18H21N3O3/c19-18(6-9-23-10-7-18)17(22)21-15-4-1-5-16(11-15)24-13-14-3-2-8-20-12-14/h1-5,8,11-12H,6-7,9-10,13,19H2,(H,21,22). The number of nitrogens with zero attached hydrogens (tertiary/aromatic N) is 1. The third-order valence-corrected chi connectivity index (χ3v) is 4.06. The van der Waals surface area contributed by atoms with E-state index in [1.165, 1.54) is 0 Å². The van der Waals surface area contributed by atoms with Gasteiger partial charge in [0, 0.05) is 42.9 Å². The summed E-state index contributed by atoms with van der Waals surface area (Å²) in [6.45, 7) is 1.44. The van der Waals surface area contributed by atoms with Gasteiger partial charge in [0.1, 0.15) is 17.9 Å². The van der Waals surface area contributed by atoms with E-state index in [2.05, 4.69) is 10.3 Å². The maximum Gasteiger partial charge on any atom is 0.244 e. The number of carbonyl (C=O) groups excluding carboxylic acids is 1. The molecule has 1 aromatic heterocycles. The van der Waals surface area contributed by atoms with Crippen LogP contribution in [0.25, 0.3) is 0 Å². The molecule has 6 nitrogen and oxygen atoms in total. The molecule has 0 bridgehead atoms. The number of rotatable bonds is 5. The van der Waals surface area contributed by atoms with Crippen molar-refractivity contribution in [2.45, 2.75) is 25.0 Å². The number of benzene rings is 1. The fourth-order valence-corrected chi connectivity index (χ4v) is 2.53. The first kappa shape index (κ1) is 16.4. The highest BCUT2D eigenvalue weighted by Gasteiger charge is 2.35. The quantitative estimate of drug-likeness (QED) is 0.878. The van der Waals surface area contributed by atoms with Crippen LogP contribution in [-0.4, -0.2) is 29.6 Å². The topological polar surface area (TPSA) is 86.5 Å². The monoisotopic (exact) mass is 327 g/mol. The first-order valence-corrected chi connectivity index (χ1v) is 7.96. The second kappa shape index (κ2) is 7.42. The summed E-state index contributed by atoms with van der Waals surface area (Å²) in [5.74, 6) is 0.491. The second-order valence-electron chi connectivity index (χ2n) is 5.90. The summed E-state index contributed by atoms with van der Waals surface area (Å²) < 4.78 is 11.0. The number of ether oxygens (including phenoxy) is 2. The summed E-state index contributed by atoms with van der Waals surface area (Å²) in [5, 5.41) is 2.88. The van der Waals surface area contributed by atoms with Crippen molar-refractivity contribution in [2.75, 3.05) is 18.5 Å². The minimum atomic E-state index is -0.870. The maximum absolute atomic E-state index is 12.4. The van der Waals surface area contributed by atoms with Gasteiger partial charge in [0.2, 0.25) is 5.91 Å². The summed E-state index contributed by atoms with van der Waals surface area (Å²) >= 11 is 0. The Kier molecular flexibility index (Phi) is 5.08. The lowest BCUT2D eigenvalue weighted by atomic mass is 9.90. The summed E-state index contributed by atoms with van der Waals surface area (Å²) in [6, 6.07) is 11.1. The molecule has 6 heteroatoms. The number of amides is 1. The minimum Gasteiger partial charge on any atom is -0.489 e. The first-order chi connectivity index (χ1) is 11.7. The molecule has 1 saturated heterocycles. The van der Waals surface area contributed by atoms with Crippen LogP contribution in [0.3, 0.4) is 0 Å². The molecule has 3 rings (SSSR count). The molecule has 3 N–H and O–H groups in total. The Bertz CT molecular complexity index is 685. The van der Waals surface area contributed by atoms with Gasteiger partial charge in [-0.05, 0) is 31.0 Å². The number of nitrogens with two attached hydrogens (primary N) is 1.